The zero-order valence-electron chi connectivity index (χ0n) is 14.9. The molecule has 0 aliphatic rings. The standard InChI is InChI=1S/C18H19N5O4/c1-3-27-18(26)23-14-9-15(19-10-13(14)16(24)22-23)21-17(25)20-11(2)12-7-5-4-6-8-12/h4-11H,3H2,1-2H3,(H,22,24)(H2,19,20,21,25). The molecule has 1 atom stereocenters. The Morgan fingerprint density at radius 2 is 2.04 bits per heavy atom. The highest BCUT2D eigenvalue weighted by molar-refractivity contribution is 5.93. The molecule has 0 spiro atoms. The molecular weight excluding hydrogens is 350 g/mol. The fraction of sp³-hybridized carbons (Fsp3) is 0.222. The Morgan fingerprint density at radius 1 is 1.30 bits per heavy atom. The molecule has 3 N–H and O–H groups in total. The number of anilines is 1. The Morgan fingerprint density at radius 3 is 2.74 bits per heavy atom. The summed E-state index contributed by atoms with van der Waals surface area (Å²) in [5.41, 5.74) is 0.747. The SMILES string of the molecule is CCOC(=O)n1[nH]c(=O)c2cnc(NC(=O)NC(C)c3ccccc3)cc21. The van der Waals surface area contributed by atoms with E-state index in [0.717, 1.165) is 10.2 Å². The van der Waals surface area contributed by atoms with Crippen LogP contribution in [0.4, 0.5) is 15.4 Å². The summed E-state index contributed by atoms with van der Waals surface area (Å²) in [5.74, 6) is 0.192. The quantitative estimate of drug-likeness (QED) is 0.653. The molecule has 9 nitrogen and oxygen atoms in total. The third-order valence-electron chi connectivity index (χ3n) is 3.92. The van der Waals surface area contributed by atoms with Gasteiger partial charge in [0.1, 0.15) is 5.82 Å². The van der Waals surface area contributed by atoms with E-state index in [9.17, 15) is 14.4 Å². The van der Waals surface area contributed by atoms with Gasteiger partial charge in [0.25, 0.3) is 5.56 Å². The second-order valence-corrected chi connectivity index (χ2v) is 5.79. The van der Waals surface area contributed by atoms with Gasteiger partial charge >= 0.3 is 12.1 Å². The van der Waals surface area contributed by atoms with Crippen molar-refractivity contribution in [3.8, 4) is 0 Å². The van der Waals surface area contributed by atoms with Crippen LogP contribution in [-0.2, 0) is 4.74 Å². The average molecular weight is 369 g/mol. The van der Waals surface area contributed by atoms with Crippen molar-refractivity contribution in [1.29, 1.82) is 0 Å². The lowest BCUT2D eigenvalue weighted by atomic mass is 10.1. The Balaban J connectivity index is 1.78. The van der Waals surface area contributed by atoms with Crippen molar-refractivity contribution in [2.24, 2.45) is 0 Å². The third-order valence-corrected chi connectivity index (χ3v) is 3.92. The van der Waals surface area contributed by atoms with Gasteiger partial charge in [0.05, 0.1) is 23.6 Å². The van der Waals surface area contributed by atoms with E-state index in [0.29, 0.717) is 0 Å². The summed E-state index contributed by atoms with van der Waals surface area (Å²) in [5, 5.41) is 8.00. The maximum absolute atomic E-state index is 12.2. The summed E-state index contributed by atoms with van der Waals surface area (Å²) in [6, 6.07) is 10.3. The van der Waals surface area contributed by atoms with Gasteiger partial charge in [-0.3, -0.25) is 15.2 Å². The molecule has 140 valence electrons. The molecule has 0 saturated carbocycles. The van der Waals surface area contributed by atoms with E-state index in [1.165, 1.54) is 12.3 Å². The van der Waals surface area contributed by atoms with Crippen molar-refractivity contribution in [3.05, 3.63) is 58.5 Å². The van der Waals surface area contributed by atoms with Gasteiger partial charge < -0.3 is 10.1 Å². The van der Waals surface area contributed by atoms with Gasteiger partial charge in [0.2, 0.25) is 0 Å². The van der Waals surface area contributed by atoms with Gasteiger partial charge in [0.15, 0.2) is 0 Å². The van der Waals surface area contributed by atoms with Crippen molar-refractivity contribution in [1.82, 2.24) is 20.1 Å². The number of aromatic amines is 1. The highest BCUT2D eigenvalue weighted by Gasteiger charge is 2.16. The van der Waals surface area contributed by atoms with Crippen molar-refractivity contribution in [3.63, 3.8) is 0 Å². The van der Waals surface area contributed by atoms with Gasteiger partial charge in [-0.25, -0.2) is 14.6 Å². The van der Waals surface area contributed by atoms with Crippen LogP contribution in [0.15, 0.2) is 47.4 Å². The van der Waals surface area contributed by atoms with Crippen LogP contribution in [0.5, 0.6) is 0 Å². The van der Waals surface area contributed by atoms with Crippen LogP contribution in [0.2, 0.25) is 0 Å². The first-order valence-corrected chi connectivity index (χ1v) is 8.40. The Labute approximate surface area is 154 Å². The summed E-state index contributed by atoms with van der Waals surface area (Å²) >= 11 is 0. The number of ether oxygens (including phenoxy) is 1. The molecule has 3 aromatic rings. The second-order valence-electron chi connectivity index (χ2n) is 5.79. The molecule has 1 aromatic carbocycles. The van der Waals surface area contributed by atoms with Crippen LogP contribution in [0.25, 0.3) is 10.9 Å². The number of pyridine rings is 1. The van der Waals surface area contributed by atoms with E-state index < -0.39 is 17.7 Å². The molecule has 0 saturated heterocycles. The Hall–Kier alpha value is -3.62. The first-order valence-electron chi connectivity index (χ1n) is 8.40. The normalized spacial score (nSPS) is 11.8. The molecule has 0 aliphatic carbocycles. The van der Waals surface area contributed by atoms with Crippen molar-refractivity contribution >= 4 is 28.8 Å². The van der Waals surface area contributed by atoms with Crippen molar-refractivity contribution in [2.45, 2.75) is 19.9 Å². The maximum atomic E-state index is 12.2. The number of carbonyl (C=O) groups excluding carboxylic acids is 2. The van der Waals surface area contributed by atoms with Crippen LogP contribution in [0, 0.1) is 0 Å². The number of hydrogen-bond donors (Lipinski definition) is 3. The molecule has 2 aromatic heterocycles. The molecule has 3 rings (SSSR count). The minimum Gasteiger partial charge on any atom is -0.448 e. The predicted octanol–water partition coefficient (Wildman–Crippen LogP) is 2.61. The number of urea groups is 1. The van der Waals surface area contributed by atoms with Gasteiger partial charge in [-0.2, -0.15) is 4.68 Å². The van der Waals surface area contributed by atoms with Gasteiger partial charge in [0, 0.05) is 12.3 Å². The summed E-state index contributed by atoms with van der Waals surface area (Å²) in [7, 11) is 0. The highest BCUT2D eigenvalue weighted by Crippen LogP contribution is 2.15. The fourth-order valence-corrected chi connectivity index (χ4v) is 2.60. The van der Waals surface area contributed by atoms with Gasteiger partial charge in [-0.15, -0.1) is 0 Å². The topological polar surface area (TPSA) is 118 Å². The smallest absolute Gasteiger partial charge is 0.433 e. The first kappa shape index (κ1) is 18.2. The van der Waals surface area contributed by atoms with E-state index in [1.807, 2.05) is 37.3 Å². The molecule has 9 heteroatoms. The van der Waals surface area contributed by atoms with Crippen LogP contribution < -0.4 is 16.2 Å². The minimum atomic E-state index is -0.719. The van der Waals surface area contributed by atoms with E-state index in [-0.39, 0.29) is 29.4 Å². The molecule has 27 heavy (non-hydrogen) atoms. The molecule has 0 aliphatic heterocycles. The van der Waals surface area contributed by atoms with Crippen molar-refractivity contribution in [2.75, 3.05) is 11.9 Å². The lowest BCUT2D eigenvalue weighted by molar-refractivity contribution is 0.151. The molecule has 0 radical (unpaired) electrons. The minimum absolute atomic E-state index is 0.163. The molecule has 2 heterocycles. The van der Waals surface area contributed by atoms with E-state index in [2.05, 4.69) is 20.7 Å². The molecule has 0 fully saturated rings. The monoisotopic (exact) mass is 369 g/mol. The number of fused-ring (bicyclic) bond motifs is 1. The maximum Gasteiger partial charge on any atom is 0.433 e. The van der Waals surface area contributed by atoms with Crippen LogP contribution in [0.3, 0.4) is 0 Å². The zero-order chi connectivity index (χ0) is 19.4. The van der Waals surface area contributed by atoms with Crippen molar-refractivity contribution < 1.29 is 14.3 Å². The first-order chi connectivity index (χ1) is 13.0. The average Bonchev–Trinajstić information content (AvgIpc) is 2.99. The number of hydrogen-bond acceptors (Lipinski definition) is 5. The van der Waals surface area contributed by atoms with Crippen LogP contribution in [0.1, 0.15) is 25.5 Å². The lowest BCUT2D eigenvalue weighted by Gasteiger charge is -2.14. The summed E-state index contributed by atoms with van der Waals surface area (Å²) < 4.78 is 5.89. The summed E-state index contributed by atoms with van der Waals surface area (Å²) in [4.78, 5) is 40.2. The van der Waals surface area contributed by atoms with E-state index in [1.54, 1.807) is 6.92 Å². The number of amides is 2. The fourth-order valence-electron chi connectivity index (χ4n) is 2.60. The number of nitrogens with zero attached hydrogens (tertiary/aromatic N) is 2. The van der Waals surface area contributed by atoms with Gasteiger partial charge in [-0.1, -0.05) is 30.3 Å². The molecule has 0 bridgehead atoms. The number of nitrogens with one attached hydrogen (secondary N) is 3. The largest absolute Gasteiger partial charge is 0.448 e. The molecule has 2 amide bonds. The van der Waals surface area contributed by atoms with Gasteiger partial charge in [-0.05, 0) is 19.4 Å². The lowest BCUT2D eigenvalue weighted by Crippen LogP contribution is -2.31. The number of carbonyl (C=O) groups is 2. The zero-order valence-corrected chi connectivity index (χ0v) is 14.9. The third kappa shape index (κ3) is 3.97. The second kappa shape index (κ2) is 7.73. The number of aromatic nitrogens is 3. The van der Waals surface area contributed by atoms with Crippen LogP contribution in [-0.4, -0.2) is 33.5 Å². The molecular formula is C18H19N5O4. The number of rotatable bonds is 4. The Kier molecular flexibility index (Phi) is 5.20. The Bertz CT molecular complexity index is 1030. The molecule has 1 unspecified atom stereocenters. The number of H-pyrrole nitrogens is 1. The highest BCUT2D eigenvalue weighted by atomic mass is 16.6. The van der Waals surface area contributed by atoms with Crippen LogP contribution >= 0.6 is 0 Å². The predicted molar refractivity (Wildman–Crippen MR) is 99.8 cm³/mol. The number of benzene rings is 1. The summed E-state index contributed by atoms with van der Waals surface area (Å²) in [6.07, 6.45) is 0.573. The van der Waals surface area contributed by atoms with E-state index >= 15 is 0 Å². The van der Waals surface area contributed by atoms with E-state index in [4.69, 9.17) is 4.74 Å². The summed E-state index contributed by atoms with van der Waals surface area (Å²) in [6.45, 7) is 3.68.